The Morgan fingerprint density at radius 2 is 1.66 bits per heavy atom. The Morgan fingerprint density at radius 1 is 0.969 bits per heavy atom. The van der Waals surface area contributed by atoms with Gasteiger partial charge in [0.05, 0.1) is 25.2 Å². The van der Waals surface area contributed by atoms with Crippen molar-refractivity contribution in [3.8, 4) is 0 Å². The first-order valence-electron chi connectivity index (χ1n) is 13.6. The maximum atomic E-state index is 11.7. The van der Waals surface area contributed by atoms with Crippen LogP contribution in [0.15, 0.2) is 0 Å². The van der Waals surface area contributed by atoms with Gasteiger partial charge >= 0.3 is 5.97 Å². The highest BCUT2D eigenvalue weighted by Gasteiger charge is 2.62. The Labute approximate surface area is 195 Å². The van der Waals surface area contributed by atoms with Gasteiger partial charge in [-0.25, -0.2) is 0 Å². The van der Waals surface area contributed by atoms with E-state index in [0.717, 1.165) is 44.4 Å². The fraction of sp³-hybridized carbons (Fsp3) is 0.964. The van der Waals surface area contributed by atoms with E-state index in [9.17, 15) is 15.0 Å². The number of methoxy groups -OCH3 is 1. The van der Waals surface area contributed by atoms with E-state index in [1.165, 1.54) is 39.2 Å². The van der Waals surface area contributed by atoms with Crippen molar-refractivity contribution < 1.29 is 19.7 Å². The quantitative estimate of drug-likeness (QED) is 0.520. The highest BCUT2D eigenvalue weighted by molar-refractivity contribution is 5.71. The Morgan fingerprint density at radius 3 is 2.38 bits per heavy atom. The first-order chi connectivity index (χ1) is 15.1. The van der Waals surface area contributed by atoms with Gasteiger partial charge in [0.1, 0.15) is 0 Å². The summed E-state index contributed by atoms with van der Waals surface area (Å²) in [5.74, 6) is 3.50. The van der Waals surface area contributed by atoms with Crippen molar-refractivity contribution in [2.75, 3.05) is 7.11 Å². The molecule has 0 amide bonds. The third-order valence-corrected chi connectivity index (χ3v) is 11.3. The molecule has 0 aliphatic heterocycles. The van der Waals surface area contributed by atoms with Crippen LogP contribution in [0.5, 0.6) is 0 Å². The molecule has 4 rings (SSSR count). The molecule has 2 N–H and O–H groups in total. The van der Waals surface area contributed by atoms with E-state index < -0.39 is 0 Å². The average molecular weight is 449 g/mol. The summed E-state index contributed by atoms with van der Waals surface area (Å²) in [5, 5.41) is 21.7. The van der Waals surface area contributed by atoms with Gasteiger partial charge in [-0.3, -0.25) is 4.79 Å². The van der Waals surface area contributed by atoms with Crippen molar-refractivity contribution in [1.29, 1.82) is 0 Å². The number of ether oxygens (including phenoxy) is 1. The van der Waals surface area contributed by atoms with Gasteiger partial charge in [0.15, 0.2) is 0 Å². The molecule has 184 valence electrons. The average Bonchev–Trinajstić information content (AvgIpc) is 3.11. The Balaban J connectivity index is 1.43. The largest absolute Gasteiger partial charge is 0.469 e. The fourth-order valence-electron chi connectivity index (χ4n) is 9.44. The highest BCUT2D eigenvalue weighted by Crippen LogP contribution is 2.68. The Bertz CT molecular complexity index is 678. The molecule has 0 heterocycles. The molecule has 32 heavy (non-hydrogen) atoms. The van der Waals surface area contributed by atoms with Gasteiger partial charge in [-0.1, -0.05) is 40.5 Å². The lowest BCUT2D eigenvalue weighted by Crippen LogP contribution is -2.58. The molecule has 0 aromatic heterocycles. The van der Waals surface area contributed by atoms with Gasteiger partial charge in [0.2, 0.25) is 0 Å². The fourth-order valence-corrected chi connectivity index (χ4v) is 9.44. The second kappa shape index (κ2) is 9.21. The minimum Gasteiger partial charge on any atom is -0.469 e. The zero-order valence-electron chi connectivity index (χ0n) is 21.2. The van der Waals surface area contributed by atoms with Gasteiger partial charge in [-0.2, -0.15) is 0 Å². The number of carbonyl (C=O) groups excluding carboxylic acids is 1. The maximum absolute atomic E-state index is 11.7. The van der Waals surface area contributed by atoms with Crippen LogP contribution < -0.4 is 0 Å². The van der Waals surface area contributed by atoms with Crippen LogP contribution in [0.4, 0.5) is 0 Å². The second-order valence-corrected chi connectivity index (χ2v) is 12.8. The molecule has 0 bridgehead atoms. The summed E-state index contributed by atoms with van der Waals surface area (Å²) >= 11 is 0. The van der Waals surface area contributed by atoms with Crippen LogP contribution in [-0.4, -0.2) is 35.5 Å². The van der Waals surface area contributed by atoms with Gasteiger partial charge in [0.25, 0.3) is 0 Å². The van der Waals surface area contributed by atoms with Gasteiger partial charge < -0.3 is 14.9 Å². The molecule has 1 unspecified atom stereocenters. The number of esters is 1. The molecular formula is C28H48O4. The summed E-state index contributed by atoms with van der Waals surface area (Å²) in [6.45, 7) is 9.45. The second-order valence-electron chi connectivity index (χ2n) is 12.8. The van der Waals surface area contributed by atoms with E-state index in [4.69, 9.17) is 4.74 Å². The summed E-state index contributed by atoms with van der Waals surface area (Å²) in [6.07, 6.45) is 11.8. The smallest absolute Gasteiger partial charge is 0.308 e. The molecule has 4 fully saturated rings. The molecule has 4 heteroatoms. The lowest BCUT2D eigenvalue weighted by Gasteiger charge is -2.62. The van der Waals surface area contributed by atoms with Crippen LogP contribution in [0.2, 0.25) is 0 Å². The van der Waals surface area contributed by atoms with Crippen molar-refractivity contribution in [3.05, 3.63) is 0 Å². The molecule has 4 saturated carbocycles. The number of hydrogen-bond donors (Lipinski definition) is 2. The normalized spacial score (nSPS) is 47.7. The van der Waals surface area contributed by atoms with Crippen LogP contribution in [0.1, 0.15) is 98.3 Å². The molecule has 0 saturated heterocycles. The van der Waals surface area contributed by atoms with Gasteiger partial charge in [-0.05, 0) is 104 Å². The molecule has 11 atom stereocenters. The zero-order chi connectivity index (χ0) is 23.3. The SMILES string of the molecule is COC(=O)C(C)CCC[C@@H](C)[C@H]1CC[C@H]2[C@@H]3[C@H](O)C[C@@H]4C[C@H](O)CC[C@]4(C)[C@H]3CC[C@]12C. The first-order valence-corrected chi connectivity index (χ1v) is 13.6. The molecule has 4 nitrogen and oxygen atoms in total. The summed E-state index contributed by atoms with van der Waals surface area (Å²) < 4.78 is 4.89. The standard InChI is InChI=1S/C28H48O4/c1-17(7-6-8-18(2)26(31)32-5)21-9-10-22-25-23(12-14-28(21,22)4)27(3)13-11-20(29)15-19(27)16-24(25)30/h17-25,29-30H,6-16H2,1-5H3/t17-,18?,19+,20-,21-,22+,23+,24-,25+,27+,28-/m1/s1. The predicted octanol–water partition coefficient (Wildman–Crippen LogP) is 5.59. The van der Waals surface area contributed by atoms with Crippen LogP contribution in [0, 0.1) is 52.3 Å². The lowest BCUT2D eigenvalue weighted by atomic mass is 9.43. The third kappa shape index (κ3) is 4.06. The topological polar surface area (TPSA) is 66.8 Å². The van der Waals surface area contributed by atoms with Gasteiger partial charge in [-0.15, -0.1) is 0 Å². The van der Waals surface area contributed by atoms with Crippen LogP contribution in [-0.2, 0) is 9.53 Å². The van der Waals surface area contributed by atoms with Crippen LogP contribution >= 0.6 is 0 Å². The van der Waals surface area contributed by atoms with Crippen molar-refractivity contribution in [1.82, 2.24) is 0 Å². The zero-order valence-corrected chi connectivity index (χ0v) is 21.2. The van der Waals surface area contributed by atoms with Crippen molar-refractivity contribution >= 4 is 5.97 Å². The van der Waals surface area contributed by atoms with Crippen molar-refractivity contribution in [3.63, 3.8) is 0 Å². The van der Waals surface area contributed by atoms with Crippen molar-refractivity contribution in [2.24, 2.45) is 52.3 Å². The summed E-state index contributed by atoms with van der Waals surface area (Å²) in [4.78, 5) is 11.7. The van der Waals surface area contributed by atoms with E-state index >= 15 is 0 Å². The Hall–Kier alpha value is -0.610. The number of aliphatic hydroxyl groups is 2. The lowest BCUT2D eigenvalue weighted by molar-refractivity contribution is -0.174. The van der Waals surface area contributed by atoms with Gasteiger partial charge in [0, 0.05) is 0 Å². The molecule has 0 spiro atoms. The number of hydrogen-bond acceptors (Lipinski definition) is 4. The molecule has 0 aromatic rings. The van der Waals surface area contributed by atoms with E-state index in [1.807, 2.05) is 6.92 Å². The third-order valence-electron chi connectivity index (χ3n) is 11.3. The van der Waals surface area contributed by atoms with E-state index in [0.29, 0.717) is 40.4 Å². The summed E-state index contributed by atoms with van der Waals surface area (Å²) in [7, 11) is 1.48. The minimum absolute atomic E-state index is 0.00496. The van der Waals surface area contributed by atoms with E-state index in [-0.39, 0.29) is 24.1 Å². The maximum Gasteiger partial charge on any atom is 0.308 e. The van der Waals surface area contributed by atoms with E-state index in [1.54, 1.807) is 0 Å². The molecular weight excluding hydrogens is 400 g/mol. The monoisotopic (exact) mass is 448 g/mol. The highest BCUT2D eigenvalue weighted by atomic mass is 16.5. The molecule has 4 aliphatic carbocycles. The molecule has 4 aliphatic rings. The van der Waals surface area contributed by atoms with E-state index in [2.05, 4.69) is 20.8 Å². The summed E-state index contributed by atoms with van der Waals surface area (Å²) in [5.41, 5.74) is 0.644. The minimum atomic E-state index is -0.192. The number of carbonyl (C=O) groups is 1. The van der Waals surface area contributed by atoms with Crippen molar-refractivity contribution in [2.45, 2.75) is 111 Å². The Kier molecular flexibility index (Phi) is 7.05. The van der Waals surface area contributed by atoms with Crippen LogP contribution in [0.3, 0.4) is 0 Å². The number of rotatable bonds is 6. The molecule has 0 aromatic carbocycles. The summed E-state index contributed by atoms with van der Waals surface area (Å²) in [6, 6.07) is 0. The number of fused-ring (bicyclic) bond motifs is 5. The number of aliphatic hydroxyl groups excluding tert-OH is 2. The predicted molar refractivity (Wildman–Crippen MR) is 127 cm³/mol. The first kappa shape index (κ1) is 24.5. The van der Waals surface area contributed by atoms with Crippen LogP contribution in [0.25, 0.3) is 0 Å². The molecule has 0 radical (unpaired) electrons.